The summed E-state index contributed by atoms with van der Waals surface area (Å²) in [6.45, 7) is 1.61. The highest BCUT2D eigenvalue weighted by atomic mass is 16.6. The molecule has 0 aromatic rings. The average Bonchev–Trinajstić information content (AvgIpc) is 1.95. The second-order valence-electron chi connectivity index (χ2n) is 3.29. The molecule has 0 radical (unpaired) electrons. The Morgan fingerprint density at radius 3 is 2.27 bits per heavy atom. The van der Waals surface area contributed by atoms with Crippen molar-refractivity contribution in [3.63, 3.8) is 0 Å². The Bertz CT molecular complexity index is 190. The molecule has 1 saturated carbocycles. The molecule has 0 bridgehead atoms. The summed E-state index contributed by atoms with van der Waals surface area (Å²) in [5.41, 5.74) is -0.839. The molecule has 0 aromatic heterocycles. The largest absolute Gasteiger partial charge is 0.300 e. The van der Waals surface area contributed by atoms with Crippen LogP contribution in [0.5, 0.6) is 0 Å². The van der Waals surface area contributed by atoms with Crippen molar-refractivity contribution in [1.29, 1.82) is 0 Å². The Morgan fingerprint density at radius 2 is 1.91 bits per heavy atom. The monoisotopic (exact) mass is 157 g/mol. The maximum Gasteiger partial charge on any atom is 0.220 e. The molecular weight excluding hydrogens is 146 g/mol. The number of carbonyl (C=O) groups excluding carboxylic acids is 1. The first-order valence-electron chi connectivity index (χ1n) is 3.71. The Balaban J connectivity index is 2.62. The first-order chi connectivity index (χ1) is 5.04. The number of hydrogen-bond donors (Lipinski definition) is 0. The van der Waals surface area contributed by atoms with Crippen LogP contribution in [0.3, 0.4) is 0 Å². The van der Waals surface area contributed by atoms with Gasteiger partial charge in [-0.1, -0.05) is 0 Å². The molecule has 0 atom stereocenters. The van der Waals surface area contributed by atoms with Gasteiger partial charge in [-0.15, -0.1) is 0 Å². The molecule has 0 aromatic carbocycles. The minimum atomic E-state index is -0.839. The van der Waals surface area contributed by atoms with E-state index >= 15 is 0 Å². The molecule has 11 heavy (non-hydrogen) atoms. The number of carbonyl (C=O) groups is 1. The van der Waals surface area contributed by atoms with E-state index in [2.05, 4.69) is 0 Å². The Labute approximate surface area is 64.7 Å². The third kappa shape index (κ3) is 1.56. The lowest BCUT2D eigenvalue weighted by molar-refractivity contribution is -0.568. The minimum absolute atomic E-state index is 0.157. The summed E-state index contributed by atoms with van der Waals surface area (Å²) in [6.07, 6.45) is 1.55. The molecule has 1 aliphatic rings. The van der Waals surface area contributed by atoms with Crippen molar-refractivity contribution < 1.29 is 9.72 Å². The molecule has 0 N–H and O–H groups in total. The Hall–Kier alpha value is -0.930. The van der Waals surface area contributed by atoms with Gasteiger partial charge in [0.1, 0.15) is 5.78 Å². The third-order valence-electron chi connectivity index (χ3n) is 2.33. The summed E-state index contributed by atoms with van der Waals surface area (Å²) in [5.74, 6) is 0.157. The number of ketones is 1. The highest BCUT2D eigenvalue weighted by molar-refractivity contribution is 5.79. The van der Waals surface area contributed by atoms with Crippen molar-refractivity contribution >= 4 is 5.78 Å². The first kappa shape index (κ1) is 8.17. The van der Waals surface area contributed by atoms with Gasteiger partial charge >= 0.3 is 0 Å². The van der Waals surface area contributed by atoms with Gasteiger partial charge in [0.25, 0.3) is 0 Å². The van der Waals surface area contributed by atoms with Crippen molar-refractivity contribution in [3.8, 4) is 0 Å². The number of hydrogen-bond acceptors (Lipinski definition) is 3. The fourth-order valence-electron chi connectivity index (χ4n) is 1.25. The summed E-state index contributed by atoms with van der Waals surface area (Å²) in [5, 5.41) is 10.5. The van der Waals surface area contributed by atoms with E-state index in [1.807, 2.05) is 0 Å². The summed E-state index contributed by atoms with van der Waals surface area (Å²) in [7, 11) is 0. The van der Waals surface area contributed by atoms with Crippen LogP contribution in [0.1, 0.15) is 32.6 Å². The lowest BCUT2D eigenvalue weighted by Crippen LogP contribution is -2.38. The molecule has 1 fully saturated rings. The molecule has 1 rings (SSSR count). The number of rotatable bonds is 1. The predicted octanol–water partition coefficient (Wildman–Crippen LogP) is 1.16. The zero-order valence-electron chi connectivity index (χ0n) is 6.50. The van der Waals surface area contributed by atoms with Crippen molar-refractivity contribution in [2.24, 2.45) is 0 Å². The second-order valence-corrected chi connectivity index (χ2v) is 3.29. The second kappa shape index (κ2) is 2.60. The van der Waals surface area contributed by atoms with Gasteiger partial charge in [0, 0.05) is 37.5 Å². The molecule has 0 spiro atoms. The summed E-state index contributed by atoms with van der Waals surface area (Å²) >= 11 is 0. The van der Waals surface area contributed by atoms with Crippen LogP contribution in [0.25, 0.3) is 0 Å². The smallest absolute Gasteiger partial charge is 0.220 e. The zero-order valence-corrected chi connectivity index (χ0v) is 6.50. The zero-order chi connectivity index (χ0) is 8.48. The Kier molecular flexibility index (Phi) is 1.93. The van der Waals surface area contributed by atoms with E-state index in [4.69, 9.17) is 0 Å². The van der Waals surface area contributed by atoms with Crippen molar-refractivity contribution in [1.82, 2.24) is 0 Å². The quantitative estimate of drug-likeness (QED) is 0.424. The molecule has 4 heteroatoms. The summed E-state index contributed by atoms with van der Waals surface area (Å²) < 4.78 is 0. The maximum atomic E-state index is 10.8. The third-order valence-corrected chi connectivity index (χ3v) is 2.33. The molecule has 1 aliphatic carbocycles. The van der Waals surface area contributed by atoms with Crippen LogP contribution in [0.4, 0.5) is 0 Å². The molecule has 62 valence electrons. The van der Waals surface area contributed by atoms with E-state index in [0.29, 0.717) is 25.7 Å². The van der Waals surface area contributed by atoms with Gasteiger partial charge in [0.15, 0.2) is 0 Å². The van der Waals surface area contributed by atoms with Crippen LogP contribution in [0, 0.1) is 10.1 Å². The molecular formula is C7H11NO3. The lowest BCUT2D eigenvalue weighted by atomic mass is 9.83. The van der Waals surface area contributed by atoms with E-state index in [9.17, 15) is 14.9 Å². The van der Waals surface area contributed by atoms with Crippen LogP contribution in [0.15, 0.2) is 0 Å². The van der Waals surface area contributed by atoms with E-state index in [1.54, 1.807) is 6.92 Å². The fourth-order valence-corrected chi connectivity index (χ4v) is 1.25. The van der Waals surface area contributed by atoms with Crippen molar-refractivity contribution in [3.05, 3.63) is 10.1 Å². The number of Topliss-reactive ketones (excluding diaryl/α,β-unsaturated/α-hetero) is 1. The number of nitrogens with zero attached hydrogens (tertiary/aromatic N) is 1. The highest BCUT2D eigenvalue weighted by Crippen LogP contribution is 2.28. The van der Waals surface area contributed by atoms with Gasteiger partial charge in [0.2, 0.25) is 5.54 Å². The topological polar surface area (TPSA) is 60.2 Å². The lowest BCUT2D eigenvalue weighted by Gasteiger charge is -2.23. The Morgan fingerprint density at radius 1 is 1.45 bits per heavy atom. The van der Waals surface area contributed by atoms with Crippen LogP contribution in [-0.2, 0) is 4.79 Å². The number of nitro groups is 1. The minimum Gasteiger partial charge on any atom is -0.300 e. The van der Waals surface area contributed by atoms with Gasteiger partial charge in [-0.05, 0) is 0 Å². The summed E-state index contributed by atoms with van der Waals surface area (Å²) in [4.78, 5) is 21.0. The van der Waals surface area contributed by atoms with Crippen LogP contribution in [-0.4, -0.2) is 16.2 Å². The highest BCUT2D eigenvalue weighted by Gasteiger charge is 2.40. The molecule has 0 heterocycles. The predicted molar refractivity (Wildman–Crippen MR) is 38.9 cm³/mol. The first-order valence-corrected chi connectivity index (χ1v) is 3.71. The van der Waals surface area contributed by atoms with Gasteiger partial charge in [-0.25, -0.2) is 0 Å². The molecule has 4 nitrogen and oxygen atoms in total. The average molecular weight is 157 g/mol. The van der Waals surface area contributed by atoms with Crippen molar-refractivity contribution in [2.75, 3.05) is 0 Å². The van der Waals surface area contributed by atoms with Crippen LogP contribution >= 0.6 is 0 Å². The van der Waals surface area contributed by atoms with E-state index in [-0.39, 0.29) is 10.7 Å². The van der Waals surface area contributed by atoms with E-state index < -0.39 is 5.54 Å². The molecule has 0 aliphatic heterocycles. The SMILES string of the molecule is CC1([N+](=O)[O-])CCC(=O)CC1. The maximum absolute atomic E-state index is 10.8. The van der Waals surface area contributed by atoms with Crippen molar-refractivity contribution in [2.45, 2.75) is 38.1 Å². The van der Waals surface area contributed by atoms with E-state index in [0.717, 1.165) is 0 Å². The molecule has 0 saturated heterocycles. The van der Waals surface area contributed by atoms with Gasteiger partial charge < -0.3 is 0 Å². The van der Waals surface area contributed by atoms with Crippen LogP contribution in [0.2, 0.25) is 0 Å². The van der Waals surface area contributed by atoms with Gasteiger partial charge in [-0.3, -0.25) is 14.9 Å². The standard InChI is InChI=1S/C7H11NO3/c1-7(8(10)11)4-2-6(9)3-5-7/h2-5H2,1H3. The fraction of sp³-hybridized carbons (Fsp3) is 0.857. The molecule has 0 unspecified atom stereocenters. The van der Waals surface area contributed by atoms with Crippen LogP contribution < -0.4 is 0 Å². The normalized spacial score (nSPS) is 23.2. The van der Waals surface area contributed by atoms with Gasteiger partial charge in [0.05, 0.1) is 0 Å². The van der Waals surface area contributed by atoms with Gasteiger partial charge in [-0.2, -0.15) is 0 Å². The summed E-state index contributed by atoms with van der Waals surface area (Å²) in [6, 6.07) is 0. The molecule has 0 amide bonds. The van der Waals surface area contributed by atoms with E-state index in [1.165, 1.54) is 0 Å².